The molecule has 0 saturated heterocycles. The zero-order valence-corrected chi connectivity index (χ0v) is 23.5. The number of sulfonamides is 1. The first kappa shape index (κ1) is 29.3. The molecule has 0 spiro atoms. The molecular formula is C28H19Cl3FN3O4S. The number of benzene rings is 3. The summed E-state index contributed by atoms with van der Waals surface area (Å²) >= 11 is 18.1. The lowest BCUT2D eigenvalue weighted by molar-refractivity contribution is -0.112. The molecule has 0 aliphatic carbocycles. The third kappa shape index (κ3) is 7.30. The molecule has 1 heterocycles. The Morgan fingerprint density at radius 1 is 0.950 bits per heavy atom. The number of anilines is 1. The lowest BCUT2D eigenvalue weighted by Crippen LogP contribution is -2.30. The van der Waals surface area contributed by atoms with Crippen molar-refractivity contribution in [3.63, 3.8) is 0 Å². The van der Waals surface area contributed by atoms with E-state index in [4.69, 9.17) is 39.2 Å². The number of amides is 1. The van der Waals surface area contributed by atoms with E-state index in [0.29, 0.717) is 21.3 Å². The van der Waals surface area contributed by atoms with Crippen LogP contribution in [0.4, 0.5) is 10.1 Å². The van der Waals surface area contributed by atoms with Gasteiger partial charge >= 0.3 is 0 Å². The summed E-state index contributed by atoms with van der Waals surface area (Å²) in [6.45, 7) is -0.236. The fraction of sp³-hybridized carbons (Fsp3) is 0.0714. The van der Waals surface area contributed by atoms with Gasteiger partial charge in [-0.1, -0.05) is 40.9 Å². The standard InChI is InChI=1S/C28H19Cl3FN3O4S/c29-20-2-10-25(11-3-20)40(37,38)35(16-18-1-12-26(30)27(31)13-18)17-24-9-8-23(39-24)14-19(15-33)28(36)34-22-6-4-21(32)5-7-22/h1-14H,16-17H2,(H,34,36)/b19-14-. The number of carbonyl (C=O) groups is 1. The highest BCUT2D eigenvalue weighted by atomic mass is 35.5. The summed E-state index contributed by atoms with van der Waals surface area (Å²) in [6.07, 6.45) is 1.22. The van der Waals surface area contributed by atoms with Gasteiger partial charge in [0.15, 0.2) is 0 Å². The maximum absolute atomic E-state index is 13.6. The minimum atomic E-state index is -4.03. The van der Waals surface area contributed by atoms with Gasteiger partial charge in [0.05, 0.1) is 21.5 Å². The fourth-order valence-corrected chi connectivity index (χ4v) is 5.42. The first-order chi connectivity index (χ1) is 19.0. The first-order valence-electron chi connectivity index (χ1n) is 11.5. The van der Waals surface area contributed by atoms with Crippen LogP contribution in [0.15, 0.2) is 93.7 Å². The van der Waals surface area contributed by atoms with Crippen molar-refractivity contribution in [2.75, 3.05) is 5.32 Å². The van der Waals surface area contributed by atoms with Gasteiger partial charge in [0.2, 0.25) is 10.0 Å². The molecule has 40 heavy (non-hydrogen) atoms. The van der Waals surface area contributed by atoms with Crippen molar-refractivity contribution in [2.24, 2.45) is 0 Å². The van der Waals surface area contributed by atoms with Crippen molar-refractivity contribution < 1.29 is 22.0 Å². The molecule has 0 fully saturated rings. The number of nitrogens with zero attached hydrogens (tertiary/aromatic N) is 2. The van der Waals surface area contributed by atoms with Crippen LogP contribution in [0, 0.1) is 17.1 Å². The van der Waals surface area contributed by atoms with Gasteiger partial charge in [0.1, 0.15) is 29.0 Å². The van der Waals surface area contributed by atoms with E-state index in [2.05, 4.69) is 5.32 Å². The van der Waals surface area contributed by atoms with Crippen molar-refractivity contribution >= 4 is 62.5 Å². The molecule has 12 heteroatoms. The van der Waals surface area contributed by atoms with Gasteiger partial charge in [0, 0.05) is 23.3 Å². The van der Waals surface area contributed by atoms with E-state index in [9.17, 15) is 22.9 Å². The molecule has 3 aromatic carbocycles. The van der Waals surface area contributed by atoms with Crippen molar-refractivity contribution in [2.45, 2.75) is 18.0 Å². The molecule has 0 atom stereocenters. The van der Waals surface area contributed by atoms with E-state index < -0.39 is 21.7 Å². The van der Waals surface area contributed by atoms with Crippen molar-refractivity contribution in [1.29, 1.82) is 5.26 Å². The molecule has 204 valence electrons. The minimum Gasteiger partial charge on any atom is -0.460 e. The van der Waals surface area contributed by atoms with Gasteiger partial charge in [-0.05, 0) is 78.4 Å². The van der Waals surface area contributed by atoms with Crippen molar-refractivity contribution in [3.05, 3.63) is 122 Å². The molecule has 4 rings (SSSR count). The number of hydrogen-bond acceptors (Lipinski definition) is 5. The Hall–Kier alpha value is -3.65. The zero-order chi connectivity index (χ0) is 28.9. The SMILES string of the molecule is N#C/C(=C/c1ccc(CN(Cc2ccc(Cl)c(Cl)c2)S(=O)(=O)c2ccc(Cl)cc2)o1)C(=O)Nc1ccc(F)cc1. The quantitative estimate of drug-likeness (QED) is 0.156. The van der Waals surface area contributed by atoms with E-state index in [0.717, 1.165) is 0 Å². The lowest BCUT2D eigenvalue weighted by Gasteiger charge is -2.22. The Morgan fingerprint density at radius 2 is 1.65 bits per heavy atom. The average Bonchev–Trinajstić information content (AvgIpc) is 3.37. The normalized spacial score (nSPS) is 11.8. The van der Waals surface area contributed by atoms with E-state index in [1.807, 2.05) is 0 Å². The second-order valence-corrected chi connectivity index (χ2v) is 11.6. The fourth-order valence-electron chi connectivity index (χ4n) is 3.58. The molecular weight excluding hydrogens is 600 g/mol. The molecule has 1 N–H and O–H groups in total. The molecule has 1 aromatic heterocycles. The van der Waals surface area contributed by atoms with Crippen LogP contribution >= 0.6 is 34.8 Å². The smallest absolute Gasteiger partial charge is 0.266 e. The number of furan rings is 1. The van der Waals surface area contributed by atoms with Crippen LogP contribution < -0.4 is 5.32 Å². The van der Waals surface area contributed by atoms with Gasteiger partial charge in [0.25, 0.3) is 5.91 Å². The topological polar surface area (TPSA) is 103 Å². The summed E-state index contributed by atoms with van der Waals surface area (Å²) in [6, 6.07) is 20.5. The molecule has 0 saturated carbocycles. The molecule has 1 amide bonds. The maximum atomic E-state index is 13.6. The summed E-state index contributed by atoms with van der Waals surface area (Å²) in [5, 5.41) is 13.0. The van der Waals surface area contributed by atoms with Crippen LogP contribution in [0.3, 0.4) is 0 Å². The maximum Gasteiger partial charge on any atom is 0.266 e. The first-order valence-corrected chi connectivity index (χ1v) is 14.1. The van der Waals surface area contributed by atoms with Crippen molar-refractivity contribution in [1.82, 2.24) is 4.31 Å². The molecule has 0 aliphatic rings. The molecule has 7 nitrogen and oxygen atoms in total. The number of carbonyl (C=O) groups excluding carboxylic acids is 1. The number of rotatable bonds is 9. The predicted molar refractivity (Wildman–Crippen MR) is 152 cm³/mol. The second-order valence-electron chi connectivity index (χ2n) is 8.41. The molecule has 0 unspecified atom stereocenters. The minimum absolute atomic E-state index is 0.0212. The highest BCUT2D eigenvalue weighted by Crippen LogP contribution is 2.27. The van der Waals surface area contributed by atoms with Gasteiger partial charge in [-0.25, -0.2) is 12.8 Å². The van der Waals surface area contributed by atoms with Crippen LogP contribution in [-0.2, 0) is 27.9 Å². The highest BCUT2D eigenvalue weighted by Gasteiger charge is 2.26. The van der Waals surface area contributed by atoms with E-state index in [-0.39, 0.29) is 40.1 Å². The second kappa shape index (κ2) is 12.7. The number of halogens is 4. The molecule has 4 aromatic rings. The summed E-state index contributed by atoms with van der Waals surface area (Å²) in [5.74, 6) is -0.790. The van der Waals surface area contributed by atoms with Gasteiger partial charge < -0.3 is 9.73 Å². The lowest BCUT2D eigenvalue weighted by atomic mass is 10.2. The summed E-state index contributed by atoms with van der Waals surface area (Å²) in [7, 11) is -4.03. The van der Waals surface area contributed by atoms with E-state index >= 15 is 0 Å². The number of hydrogen-bond donors (Lipinski definition) is 1. The third-order valence-electron chi connectivity index (χ3n) is 5.56. The Morgan fingerprint density at radius 3 is 2.30 bits per heavy atom. The highest BCUT2D eigenvalue weighted by molar-refractivity contribution is 7.89. The largest absolute Gasteiger partial charge is 0.460 e. The summed E-state index contributed by atoms with van der Waals surface area (Å²) in [5.41, 5.74) is 0.618. The zero-order valence-electron chi connectivity index (χ0n) is 20.4. The molecule has 0 radical (unpaired) electrons. The molecule has 0 bridgehead atoms. The average molecular weight is 619 g/mol. The number of nitrogens with one attached hydrogen (secondary N) is 1. The predicted octanol–water partition coefficient (Wildman–Crippen LogP) is 7.32. The van der Waals surface area contributed by atoms with Crippen LogP contribution in [-0.4, -0.2) is 18.6 Å². The van der Waals surface area contributed by atoms with Crippen LogP contribution in [0.5, 0.6) is 0 Å². The summed E-state index contributed by atoms with van der Waals surface area (Å²) in [4.78, 5) is 12.6. The van der Waals surface area contributed by atoms with E-state index in [1.54, 1.807) is 24.3 Å². The van der Waals surface area contributed by atoms with Crippen LogP contribution in [0.2, 0.25) is 15.1 Å². The van der Waals surface area contributed by atoms with Crippen LogP contribution in [0.1, 0.15) is 17.1 Å². The van der Waals surface area contributed by atoms with Gasteiger partial charge in [-0.3, -0.25) is 4.79 Å². The summed E-state index contributed by atoms with van der Waals surface area (Å²) < 4.78 is 47.2. The van der Waals surface area contributed by atoms with Gasteiger partial charge in [-0.2, -0.15) is 9.57 Å². The third-order valence-corrected chi connectivity index (χ3v) is 8.36. The van der Waals surface area contributed by atoms with E-state index in [1.165, 1.54) is 71.0 Å². The molecule has 0 aliphatic heterocycles. The Labute approximate surface area is 245 Å². The Balaban J connectivity index is 1.59. The Bertz CT molecular complexity index is 1710. The number of nitriles is 1. The Kier molecular flexibility index (Phi) is 9.30. The van der Waals surface area contributed by atoms with Gasteiger partial charge in [-0.15, -0.1) is 0 Å². The van der Waals surface area contributed by atoms with Crippen LogP contribution in [0.25, 0.3) is 6.08 Å². The van der Waals surface area contributed by atoms with Crippen molar-refractivity contribution in [3.8, 4) is 6.07 Å². The monoisotopic (exact) mass is 617 g/mol.